The number of carbonyl (C=O) groups is 3. The number of carbonyl (C=O) groups excluding carboxylic acids is 2. The van der Waals surface area contributed by atoms with Crippen LogP contribution in [0.1, 0.15) is 18.4 Å². The number of benzene rings is 1. The molecule has 0 aliphatic carbocycles. The highest BCUT2D eigenvalue weighted by Gasteiger charge is 2.19. The van der Waals surface area contributed by atoms with Crippen LogP contribution in [0.3, 0.4) is 0 Å². The first-order chi connectivity index (χ1) is 8.63. The lowest BCUT2D eigenvalue weighted by atomic mass is 10.1. The molecule has 1 aromatic carbocycles. The van der Waals surface area contributed by atoms with Gasteiger partial charge < -0.3 is 15.2 Å². The van der Waals surface area contributed by atoms with E-state index in [-0.39, 0.29) is 19.3 Å². The molecular formula is C13H15NO4. The molecule has 0 aromatic heterocycles. The Labute approximate surface area is 105 Å². The molecule has 5 heteroatoms. The highest BCUT2D eigenvalue weighted by atomic mass is 16.4. The molecule has 0 radical (unpaired) electrons. The maximum absolute atomic E-state index is 11.4. The molecule has 5 nitrogen and oxygen atoms in total. The maximum Gasteiger partial charge on any atom is 0.326 e. The van der Waals surface area contributed by atoms with Crippen LogP contribution in [0.15, 0.2) is 30.3 Å². The second kappa shape index (κ2) is 7.21. The number of amides is 1. The molecular weight excluding hydrogens is 234 g/mol. The van der Waals surface area contributed by atoms with Crippen molar-refractivity contribution >= 4 is 18.2 Å². The Morgan fingerprint density at radius 3 is 2.50 bits per heavy atom. The largest absolute Gasteiger partial charge is 0.480 e. The van der Waals surface area contributed by atoms with E-state index in [1.165, 1.54) is 0 Å². The summed E-state index contributed by atoms with van der Waals surface area (Å²) in [6.07, 6.45) is 0.973. The van der Waals surface area contributed by atoms with Crippen LogP contribution in [-0.4, -0.2) is 29.3 Å². The molecule has 1 aromatic rings. The summed E-state index contributed by atoms with van der Waals surface area (Å²) in [4.78, 5) is 32.5. The summed E-state index contributed by atoms with van der Waals surface area (Å²) in [5.41, 5.74) is 0.834. The monoisotopic (exact) mass is 249 g/mol. The highest BCUT2D eigenvalue weighted by molar-refractivity contribution is 5.84. The molecule has 2 N–H and O–H groups in total. The number of nitrogens with one attached hydrogen (secondary N) is 1. The van der Waals surface area contributed by atoms with Gasteiger partial charge in [0.25, 0.3) is 0 Å². The molecule has 0 saturated carbocycles. The molecule has 0 aliphatic heterocycles. The third kappa shape index (κ3) is 4.78. The van der Waals surface area contributed by atoms with Crippen molar-refractivity contribution in [2.75, 3.05) is 0 Å². The summed E-state index contributed by atoms with van der Waals surface area (Å²) >= 11 is 0. The molecule has 1 rings (SSSR count). The second-order valence-corrected chi connectivity index (χ2v) is 3.85. The first-order valence-corrected chi connectivity index (χ1v) is 5.63. The fraction of sp³-hybridized carbons (Fsp3) is 0.308. The lowest BCUT2D eigenvalue weighted by Crippen LogP contribution is -2.42. The molecule has 0 aliphatic rings. The van der Waals surface area contributed by atoms with E-state index in [0.29, 0.717) is 6.29 Å². The minimum Gasteiger partial charge on any atom is -0.480 e. The number of carboxylic acid groups (broad SMARTS) is 1. The van der Waals surface area contributed by atoms with E-state index in [9.17, 15) is 14.4 Å². The SMILES string of the molecule is O=CCCC(=O)NC(Cc1ccccc1)C(=O)O. The fourth-order valence-corrected chi connectivity index (χ4v) is 1.51. The van der Waals surface area contributed by atoms with Crippen molar-refractivity contribution in [3.05, 3.63) is 35.9 Å². The van der Waals surface area contributed by atoms with Crippen molar-refractivity contribution in [3.63, 3.8) is 0 Å². The van der Waals surface area contributed by atoms with E-state index in [4.69, 9.17) is 5.11 Å². The van der Waals surface area contributed by atoms with Crippen molar-refractivity contribution in [1.29, 1.82) is 0 Å². The highest BCUT2D eigenvalue weighted by Crippen LogP contribution is 2.04. The molecule has 96 valence electrons. The van der Waals surface area contributed by atoms with E-state index in [1.807, 2.05) is 18.2 Å². The average molecular weight is 249 g/mol. The van der Waals surface area contributed by atoms with Gasteiger partial charge in [-0.2, -0.15) is 0 Å². The normalized spacial score (nSPS) is 11.6. The summed E-state index contributed by atoms with van der Waals surface area (Å²) in [5, 5.41) is 11.4. The van der Waals surface area contributed by atoms with E-state index in [2.05, 4.69) is 5.32 Å². The van der Waals surface area contributed by atoms with Crippen LogP contribution >= 0.6 is 0 Å². The van der Waals surface area contributed by atoms with Crippen molar-refractivity contribution in [2.45, 2.75) is 25.3 Å². The number of carboxylic acids is 1. The van der Waals surface area contributed by atoms with Crippen molar-refractivity contribution in [2.24, 2.45) is 0 Å². The summed E-state index contributed by atoms with van der Waals surface area (Å²) in [7, 11) is 0. The third-order valence-electron chi connectivity index (χ3n) is 2.41. The van der Waals surface area contributed by atoms with Gasteiger partial charge in [-0.1, -0.05) is 30.3 Å². The third-order valence-corrected chi connectivity index (χ3v) is 2.41. The average Bonchev–Trinajstić information content (AvgIpc) is 2.36. The molecule has 0 fully saturated rings. The smallest absolute Gasteiger partial charge is 0.326 e. The lowest BCUT2D eigenvalue weighted by Gasteiger charge is -2.14. The van der Waals surface area contributed by atoms with Gasteiger partial charge in [-0.3, -0.25) is 4.79 Å². The molecule has 1 amide bonds. The molecule has 1 atom stereocenters. The quantitative estimate of drug-likeness (QED) is 0.699. The van der Waals surface area contributed by atoms with Gasteiger partial charge in [0.05, 0.1) is 0 Å². The van der Waals surface area contributed by atoms with E-state index >= 15 is 0 Å². The van der Waals surface area contributed by atoms with Crippen LogP contribution in [-0.2, 0) is 20.8 Å². The van der Waals surface area contributed by atoms with Gasteiger partial charge in [-0.15, -0.1) is 0 Å². The summed E-state index contributed by atoms with van der Waals surface area (Å²) in [5.74, 6) is -1.51. The van der Waals surface area contributed by atoms with Crippen molar-refractivity contribution < 1.29 is 19.5 Å². The zero-order valence-electron chi connectivity index (χ0n) is 9.83. The predicted octanol–water partition coefficient (Wildman–Crippen LogP) is 0.778. The van der Waals surface area contributed by atoms with E-state index in [0.717, 1.165) is 5.56 Å². The van der Waals surface area contributed by atoms with Gasteiger partial charge in [0.1, 0.15) is 12.3 Å². The Kier molecular flexibility index (Phi) is 5.57. The van der Waals surface area contributed by atoms with Crippen LogP contribution in [0, 0.1) is 0 Å². The van der Waals surface area contributed by atoms with Gasteiger partial charge in [-0.05, 0) is 5.56 Å². The Morgan fingerprint density at radius 1 is 1.28 bits per heavy atom. The van der Waals surface area contributed by atoms with Crippen LogP contribution in [0.4, 0.5) is 0 Å². The maximum atomic E-state index is 11.4. The first kappa shape index (κ1) is 13.9. The summed E-state index contributed by atoms with van der Waals surface area (Å²) in [6, 6.07) is 8.08. The van der Waals surface area contributed by atoms with Gasteiger partial charge in [0, 0.05) is 19.3 Å². The number of rotatable bonds is 7. The van der Waals surface area contributed by atoms with E-state index in [1.54, 1.807) is 12.1 Å². The summed E-state index contributed by atoms with van der Waals surface area (Å²) in [6.45, 7) is 0. The second-order valence-electron chi connectivity index (χ2n) is 3.85. The molecule has 0 saturated heterocycles. The zero-order valence-corrected chi connectivity index (χ0v) is 9.83. The van der Waals surface area contributed by atoms with Crippen LogP contribution in [0.2, 0.25) is 0 Å². The number of aldehydes is 1. The molecule has 1 unspecified atom stereocenters. The Hall–Kier alpha value is -2.17. The van der Waals surface area contributed by atoms with E-state index < -0.39 is 17.9 Å². The molecule has 18 heavy (non-hydrogen) atoms. The number of hydrogen-bond acceptors (Lipinski definition) is 3. The fourth-order valence-electron chi connectivity index (χ4n) is 1.51. The summed E-state index contributed by atoms with van der Waals surface area (Å²) < 4.78 is 0. The van der Waals surface area contributed by atoms with Crippen molar-refractivity contribution in [1.82, 2.24) is 5.32 Å². The Bertz CT molecular complexity index is 416. The molecule has 0 bridgehead atoms. The van der Waals surface area contributed by atoms with Crippen molar-refractivity contribution in [3.8, 4) is 0 Å². The van der Waals surface area contributed by atoms with Crippen LogP contribution < -0.4 is 5.32 Å². The van der Waals surface area contributed by atoms with Crippen LogP contribution in [0.25, 0.3) is 0 Å². The minimum atomic E-state index is -1.08. The van der Waals surface area contributed by atoms with Gasteiger partial charge in [-0.25, -0.2) is 4.79 Å². The topological polar surface area (TPSA) is 83.5 Å². The Morgan fingerprint density at radius 2 is 1.94 bits per heavy atom. The van der Waals surface area contributed by atoms with Crippen LogP contribution in [0.5, 0.6) is 0 Å². The van der Waals surface area contributed by atoms with Gasteiger partial charge in [0.2, 0.25) is 5.91 Å². The first-order valence-electron chi connectivity index (χ1n) is 5.63. The number of aliphatic carboxylic acids is 1. The number of hydrogen-bond donors (Lipinski definition) is 2. The van der Waals surface area contributed by atoms with Gasteiger partial charge in [0.15, 0.2) is 0 Å². The predicted molar refractivity (Wildman–Crippen MR) is 65.0 cm³/mol. The lowest BCUT2D eigenvalue weighted by molar-refractivity contribution is -0.141. The minimum absolute atomic E-state index is 0.0159. The Balaban J connectivity index is 2.58. The molecule has 0 heterocycles. The standard InChI is InChI=1S/C13H15NO4/c15-8-4-7-12(16)14-11(13(17)18)9-10-5-2-1-3-6-10/h1-3,5-6,8,11H,4,7,9H2,(H,14,16)(H,17,18). The van der Waals surface area contributed by atoms with Gasteiger partial charge >= 0.3 is 5.97 Å². The molecule has 0 spiro atoms. The zero-order chi connectivity index (χ0) is 13.4.